The van der Waals surface area contributed by atoms with Gasteiger partial charge in [-0.25, -0.2) is 8.42 Å². The fraction of sp³-hybridized carbons (Fsp3) is 0.368. The van der Waals surface area contributed by atoms with Gasteiger partial charge in [-0.2, -0.15) is 0 Å². The summed E-state index contributed by atoms with van der Waals surface area (Å²) in [5.41, 5.74) is 1.07. The first-order valence-electron chi connectivity index (χ1n) is 8.45. The number of hydrogen-bond acceptors (Lipinski definition) is 6. The molecule has 0 atom stereocenters. The average molecular weight is 392 g/mol. The quantitative estimate of drug-likeness (QED) is 0.649. The molecule has 0 bridgehead atoms. The van der Waals surface area contributed by atoms with Crippen LogP contribution in [0.25, 0.3) is 0 Å². The molecule has 0 fully saturated rings. The Morgan fingerprint density at radius 2 is 1.74 bits per heavy atom. The van der Waals surface area contributed by atoms with Crippen molar-refractivity contribution in [3.05, 3.63) is 48.3 Å². The highest BCUT2D eigenvalue weighted by molar-refractivity contribution is 7.91. The number of ether oxygens (including phenoxy) is 2. The Morgan fingerprint density at radius 3 is 2.37 bits per heavy atom. The molecule has 8 heteroatoms. The molecule has 1 amide bonds. The first-order chi connectivity index (χ1) is 12.9. The third-order valence-corrected chi connectivity index (χ3v) is 5.92. The van der Waals surface area contributed by atoms with Crippen LogP contribution in [0.2, 0.25) is 0 Å². The number of sulfone groups is 1. The summed E-state index contributed by atoms with van der Waals surface area (Å²) >= 11 is 0. The summed E-state index contributed by atoms with van der Waals surface area (Å²) in [7, 11) is 0.987. The Morgan fingerprint density at radius 1 is 1.07 bits per heavy atom. The van der Waals surface area contributed by atoms with Crippen LogP contribution in [-0.2, 0) is 21.1 Å². The van der Waals surface area contributed by atoms with Crippen LogP contribution >= 0.6 is 0 Å². The van der Waals surface area contributed by atoms with E-state index >= 15 is 0 Å². The Labute approximate surface area is 159 Å². The second-order valence-electron chi connectivity index (χ2n) is 6.01. The minimum Gasteiger partial charge on any atom is -0.493 e. The Bertz CT molecular complexity index is 869. The molecule has 0 radical (unpaired) electrons. The van der Waals surface area contributed by atoms with Crippen LogP contribution < -0.4 is 9.47 Å². The second-order valence-corrected chi connectivity index (χ2v) is 8.12. The van der Waals surface area contributed by atoms with E-state index in [9.17, 15) is 13.2 Å². The van der Waals surface area contributed by atoms with E-state index < -0.39 is 9.84 Å². The third kappa shape index (κ3) is 5.68. The summed E-state index contributed by atoms with van der Waals surface area (Å²) in [4.78, 5) is 17.9. The summed E-state index contributed by atoms with van der Waals surface area (Å²) in [6.07, 6.45) is 4.01. The third-order valence-electron chi connectivity index (χ3n) is 4.21. The fourth-order valence-corrected chi connectivity index (χ4v) is 3.75. The molecule has 7 nitrogen and oxygen atoms in total. The van der Waals surface area contributed by atoms with Crippen molar-refractivity contribution in [3.8, 4) is 11.5 Å². The Hall–Kier alpha value is -2.61. The molecular weight excluding hydrogens is 368 g/mol. The number of likely N-dealkylation sites (N-methyl/N-ethyl adjacent to an activating group) is 1. The number of hydrogen-bond donors (Lipinski definition) is 0. The largest absolute Gasteiger partial charge is 0.493 e. The van der Waals surface area contributed by atoms with Crippen LogP contribution in [-0.4, -0.2) is 57.8 Å². The molecule has 0 spiro atoms. The topological polar surface area (TPSA) is 85.8 Å². The van der Waals surface area contributed by atoms with Gasteiger partial charge in [0.15, 0.2) is 21.3 Å². The van der Waals surface area contributed by atoms with Crippen LogP contribution in [0.15, 0.2) is 47.6 Å². The van der Waals surface area contributed by atoms with E-state index in [2.05, 4.69) is 4.98 Å². The Balaban J connectivity index is 1.94. The molecule has 2 aromatic rings. The van der Waals surface area contributed by atoms with Gasteiger partial charge in [0.25, 0.3) is 0 Å². The minimum absolute atomic E-state index is 0.0798. The van der Waals surface area contributed by atoms with Crippen molar-refractivity contribution in [1.29, 1.82) is 0 Å². The van der Waals surface area contributed by atoms with Crippen LogP contribution in [0.4, 0.5) is 0 Å². The molecule has 146 valence electrons. The molecule has 2 rings (SSSR count). The maximum atomic E-state index is 12.5. The van der Waals surface area contributed by atoms with E-state index in [0.29, 0.717) is 24.5 Å². The molecule has 0 aliphatic rings. The van der Waals surface area contributed by atoms with E-state index in [4.69, 9.17) is 9.47 Å². The molecule has 0 aliphatic heterocycles. The normalized spacial score (nSPS) is 11.1. The zero-order valence-electron chi connectivity index (χ0n) is 15.7. The maximum absolute atomic E-state index is 12.5. The van der Waals surface area contributed by atoms with Crippen LogP contribution in [0.1, 0.15) is 12.0 Å². The van der Waals surface area contributed by atoms with E-state index in [1.165, 1.54) is 32.4 Å². The highest BCUT2D eigenvalue weighted by Gasteiger charge is 2.20. The lowest BCUT2D eigenvalue weighted by molar-refractivity contribution is -0.129. The van der Waals surface area contributed by atoms with Crippen molar-refractivity contribution in [2.75, 3.05) is 33.6 Å². The van der Waals surface area contributed by atoms with Crippen molar-refractivity contribution < 1.29 is 22.7 Å². The molecule has 0 saturated heterocycles. The number of carbonyl (C=O) groups excluding carboxylic acids is 1. The molecule has 1 aromatic heterocycles. The molecule has 27 heavy (non-hydrogen) atoms. The summed E-state index contributed by atoms with van der Waals surface area (Å²) in [5, 5.41) is 0. The second kappa shape index (κ2) is 9.36. The smallest absolute Gasteiger partial charge is 0.223 e. The average Bonchev–Trinajstić information content (AvgIpc) is 2.70. The maximum Gasteiger partial charge on any atom is 0.223 e. The lowest BCUT2D eigenvalue weighted by Gasteiger charge is -2.17. The van der Waals surface area contributed by atoms with Gasteiger partial charge < -0.3 is 14.4 Å². The predicted molar refractivity (Wildman–Crippen MR) is 102 cm³/mol. The fourth-order valence-electron chi connectivity index (χ4n) is 2.51. The molecule has 1 aromatic carbocycles. The predicted octanol–water partition coefficient (Wildman–Crippen LogP) is 1.96. The van der Waals surface area contributed by atoms with Gasteiger partial charge in [-0.1, -0.05) is 0 Å². The SMILES string of the molecule is COc1ccc(S(=O)(=O)CCC(=O)N(C)CCc2ccncc2)cc1OC. The van der Waals surface area contributed by atoms with E-state index in [-0.39, 0.29) is 23.0 Å². The number of aromatic nitrogens is 1. The van der Waals surface area contributed by atoms with E-state index in [1.54, 1.807) is 24.3 Å². The van der Waals surface area contributed by atoms with Crippen molar-refractivity contribution in [3.63, 3.8) is 0 Å². The molecule has 0 saturated carbocycles. The number of pyridine rings is 1. The molecule has 0 N–H and O–H groups in total. The molecule has 1 heterocycles. The van der Waals surface area contributed by atoms with Crippen LogP contribution in [0, 0.1) is 0 Å². The Kier molecular flexibility index (Phi) is 7.18. The van der Waals surface area contributed by atoms with Crippen molar-refractivity contribution in [2.24, 2.45) is 0 Å². The van der Waals surface area contributed by atoms with Gasteiger partial charge in [0.05, 0.1) is 24.9 Å². The lowest BCUT2D eigenvalue weighted by atomic mass is 10.2. The number of benzene rings is 1. The van der Waals surface area contributed by atoms with E-state index in [0.717, 1.165) is 5.56 Å². The molecular formula is C19H24N2O5S. The first-order valence-corrected chi connectivity index (χ1v) is 10.1. The minimum atomic E-state index is -3.60. The van der Waals surface area contributed by atoms with Gasteiger partial charge in [-0.15, -0.1) is 0 Å². The molecule has 0 aliphatic carbocycles. The highest BCUT2D eigenvalue weighted by Crippen LogP contribution is 2.29. The summed E-state index contributed by atoms with van der Waals surface area (Å²) in [5.74, 6) is 0.303. The van der Waals surface area contributed by atoms with Crippen LogP contribution in [0.5, 0.6) is 11.5 Å². The number of rotatable bonds is 9. The van der Waals surface area contributed by atoms with Gasteiger partial charge in [0.2, 0.25) is 5.91 Å². The summed E-state index contributed by atoms with van der Waals surface area (Å²) < 4.78 is 35.3. The molecule has 0 unspecified atom stereocenters. The first kappa shape index (κ1) is 20.7. The van der Waals surface area contributed by atoms with Gasteiger partial charge in [-0.3, -0.25) is 9.78 Å². The van der Waals surface area contributed by atoms with Gasteiger partial charge >= 0.3 is 0 Å². The number of carbonyl (C=O) groups is 1. The van der Waals surface area contributed by atoms with Crippen molar-refractivity contribution in [2.45, 2.75) is 17.7 Å². The van der Waals surface area contributed by atoms with Crippen LogP contribution in [0.3, 0.4) is 0 Å². The summed E-state index contributed by atoms with van der Waals surface area (Å²) in [6, 6.07) is 8.17. The number of nitrogens with zero attached hydrogens (tertiary/aromatic N) is 2. The van der Waals surface area contributed by atoms with Gasteiger partial charge in [0, 0.05) is 38.5 Å². The zero-order valence-corrected chi connectivity index (χ0v) is 16.5. The number of amides is 1. The van der Waals surface area contributed by atoms with Gasteiger partial charge in [0.1, 0.15) is 0 Å². The zero-order chi connectivity index (χ0) is 19.9. The monoisotopic (exact) mass is 392 g/mol. The van der Waals surface area contributed by atoms with Crippen molar-refractivity contribution in [1.82, 2.24) is 9.88 Å². The van der Waals surface area contributed by atoms with E-state index in [1.807, 2.05) is 12.1 Å². The number of methoxy groups -OCH3 is 2. The standard InChI is InChI=1S/C19H24N2O5S/c1-21(12-8-15-6-10-20-11-7-15)19(22)9-13-27(23,24)16-4-5-17(25-2)18(14-16)26-3/h4-7,10-11,14H,8-9,12-13H2,1-3H3. The van der Waals surface area contributed by atoms with Gasteiger partial charge in [-0.05, 0) is 36.2 Å². The van der Waals surface area contributed by atoms with Crippen molar-refractivity contribution >= 4 is 15.7 Å². The highest BCUT2D eigenvalue weighted by atomic mass is 32.2. The summed E-state index contributed by atoms with van der Waals surface area (Å²) in [6.45, 7) is 0.513. The lowest BCUT2D eigenvalue weighted by Crippen LogP contribution is -2.30.